The Balaban J connectivity index is 1.58. The van der Waals surface area contributed by atoms with Crippen molar-refractivity contribution in [3.63, 3.8) is 0 Å². The molecule has 1 aromatic carbocycles. The summed E-state index contributed by atoms with van der Waals surface area (Å²) in [4.78, 5) is 26.0. The van der Waals surface area contributed by atoms with Gasteiger partial charge < -0.3 is 9.84 Å². The van der Waals surface area contributed by atoms with Crippen LogP contribution >= 0.6 is 11.3 Å². The van der Waals surface area contributed by atoms with E-state index in [0.717, 1.165) is 31.2 Å². The number of ketones is 1. The molecule has 1 aromatic heterocycles. The fourth-order valence-corrected chi connectivity index (χ4v) is 5.01. The van der Waals surface area contributed by atoms with Crippen molar-refractivity contribution in [2.75, 3.05) is 0 Å². The molecular weight excluding hydrogens is 384 g/mol. The maximum absolute atomic E-state index is 13.0. The Bertz CT molecular complexity index is 896. The minimum absolute atomic E-state index is 0.105. The summed E-state index contributed by atoms with van der Waals surface area (Å²) in [7, 11) is 0. The van der Waals surface area contributed by atoms with Crippen LogP contribution in [0.25, 0.3) is 0 Å². The molecule has 3 atom stereocenters. The molecule has 2 aromatic rings. The third kappa shape index (κ3) is 4.15. The van der Waals surface area contributed by atoms with Crippen LogP contribution in [0.15, 0.2) is 58.5 Å². The number of carbonyl (C=O) groups excluding carboxylic acids is 2. The van der Waals surface area contributed by atoms with Crippen molar-refractivity contribution in [1.82, 2.24) is 0 Å². The first-order chi connectivity index (χ1) is 14.1. The van der Waals surface area contributed by atoms with Crippen molar-refractivity contribution in [3.8, 4) is 0 Å². The number of carbonyl (C=O) groups is 2. The molecule has 0 spiro atoms. The highest BCUT2D eigenvalue weighted by molar-refractivity contribution is 7.07. The topological polar surface area (TPSA) is 63.6 Å². The van der Waals surface area contributed by atoms with Crippen LogP contribution in [0.3, 0.4) is 0 Å². The van der Waals surface area contributed by atoms with E-state index in [1.165, 1.54) is 5.56 Å². The van der Waals surface area contributed by atoms with Crippen molar-refractivity contribution in [2.24, 2.45) is 11.8 Å². The van der Waals surface area contributed by atoms with Crippen molar-refractivity contribution >= 4 is 23.1 Å². The summed E-state index contributed by atoms with van der Waals surface area (Å²) in [5, 5.41) is 14.9. The van der Waals surface area contributed by atoms with Gasteiger partial charge in [-0.15, -0.1) is 0 Å². The quantitative estimate of drug-likeness (QED) is 0.607. The van der Waals surface area contributed by atoms with Gasteiger partial charge in [-0.2, -0.15) is 11.3 Å². The van der Waals surface area contributed by atoms with Crippen LogP contribution < -0.4 is 0 Å². The van der Waals surface area contributed by atoms with E-state index in [-0.39, 0.29) is 29.1 Å². The number of Topliss-reactive ketones (excluding diaryl/α,β-unsaturated/α-hetero) is 1. The summed E-state index contributed by atoms with van der Waals surface area (Å²) in [5.41, 5.74) is 2.32. The number of hydrogen-bond acceptors (Lipinski definition) is 5. The molecule has 5 heteroatoms. The van der Waals surface area contributed by atoms with Gasteiger partial charge in [-0.05, 0) is 66.0 Å². The van der Waals surface area contributed by atoms with Crippen LogP contribution in [-0.4, -0.2) is 23.0 Å². The molecule has 4 nitrogen and oxygen atoms in total. The van der Waals surface area contributed by atoms with E-state index < -0.39 is 17.9 Å². The van der Waals surface area contributed by atoms with Gasteiger partial charge in [0.15, 0.2) is 11.9 Å². The number of hydrogen-bond donors (Lipinski definition) is 1. The lowest BCUT2D eigenvalue weighted by atomic mass is 9.81. The highest BCUT2D eigenvalue weighted by Crippen LogP contribution is 2.48. The zero-order valence-electron chi connectivity index (χ0n) is 16.5. The zero-order valence-corrected chi connectivity index (χ0v) is 17.4. The molecule has 1 N–H and O–H groups in total. The van der Waals surface area contributed by atoms with E-state index >= 15 is 0 Å². The standard InChI is InChI=1S/C24H26O4S/c1-2-16(9-8-15-12-13-29-14-15)23-22(26)21(25)20(24(27)28-23)19(18-10-11-18)17-6-4-3-5-7-17/h3-7,12-14,16,18-19,23,25H,2,8-11H2,1H3. The predicted molar refractivity (Wildman–Crippen MR) is 113 cm³/mol. The minimum Gasteiger partial charge on any atom is -0.504 e. The Morgan fingerprint density at radius 1 is 1.17 bits per heavy atom. The number of ether oxygens (including phenoxy) is 1. The Kier molecular flexibility index (Phi) is 5.86. The number of benzene rings is 1. The molecule has 0 amide bonds. The second kappa shape index (κ2) is 8.54. The SMILES string of the molecule is CCC(CCc1ccsc1)C1OC(=O)C(C(c2ccccc2)C2CC2)=C(O)C1=O. The van der Waals surface area contributed by atoms with Gasteiger partial charge in [-0.3, -0.25) is 4.79 Å². The Morgan fingerprint density at radius 2 is 1.93 bits per heavy atom. The maximum Gasteiger partial charge on any atom is 0.339 e. The first-order valence-corrected chi connectivity index (χ1v) is 11.3. The van der Waals surface area contributed by atoms with Crippen molar-refractivity contribution < 1.29 is 19.4 Å². The second-order valence-electron chi connectivity index (χ2n) is 8.02. The number of aliphatic hydroxyl groups excluding tert-OH is 1. The summed E-state index contributed by atoms with van der Waals surface area (Å²) in [6.07, 6.45) is 3.35. The average Bonchev–Trinajstić information content (AvgIpc) is 3.44. The Morgan fingerprint density at radius 3 is 2.55 bits per heavy atom. The smallest absolute Gasteiger partial charge is 0.339 e. The van der Waals surface area contributed by atoms with Crippen LogP contribution in [-0.2, 0) is 20.7 Å². The molecule has 1 aliphatic carbocycles. The van der Waals surface area contributed by atoms with Crippen LogP contribution in [0.4, 0.5) is 0 Å². The molecule has 4 rings (SSSR count). The molecule has 2 heterocycles. The molecule has 152 valence electrons. The largest absolute Gasteiger partial charge is 0.504 e. The lowest BCUT2D eigenvalue weighted by Crippen LogP contribution is -2.42. The molecule has 1 aliphatic heterocycles. The van der Waals surface area contributed by atoms with E-state index in [0.29, 0.717) is 6.42 Å². The highest BCUT2D eigenvalue weighted by Gasteiger charge is 2.46. The highest BCUT2D eigenvalue weighted by atomic mass is 32.1. The first kappa shape index (κ1) is 19.9. The first-order valence-electron chi connectivity index (χ1n) is 10.3. The Hall–Kier alpha value is -2.40. The minimum atomic E-state index is -0.898. The zero-order chi connectivity index (χ0) is 20.4. The number of aliphatic hydroxyl groups is 1. The van der Waals surface area contributed by atoms with Crippen molar-refractivity contribution in [2.45, 2.75) is 51.0 Å². The van der Waals surface area contributed by atoms with Gasteiger partial charge in [-0.1, -0.05) is 37.3 Å². The third-order valence-electron chi connectivity index (χ3n) is 6.10. The Labute approximate surface area is 175 Å². The van der Waals surface area contributed by atoms with Gasteiger partial charge in [0.2, 0.25) is 5.78 Å². The van der Waals surface area contributed by atoms with Crippen LogP contribution in [0, 0.1) is 11.8 Å². The van der Waals surface area contributed by atoms with Crippen molar-refractivity contribution in [1.29, 1.82) is 0 Å². The molecule has 29 heavy (non-hydrogen) atoms. The van der Waals surface area contributed by atoms with Gasteiger partial charge in [0, 0.05) is 11.8 Å². The van der Waals surface area contributed by atoms with Crippen LogP contribution in [0.5, 0.6) is 0 Å². The molecule has 0 radical (unpaired) electrons. The van der Waals surface area contributed by atoms with Gasteiger partial charge in [0.05, 0.1) is 5.57 Å². The lowest BCUT2D eigenvalue weighted by Gasteiger charge is -2.31. The summed E-state index contributed by atoms with van der Waals surface area (Å²) >= 11 is 1.65. The predicted octanol–water partition coefficient (Wildman–Crippen LogP) is 5.21. The molecule has 3 unspecified atom stereocenters. The van der Waals surface area contributed by atoms with Gasteiger partial charge in [0.1, 0.15) is 0 Å². The summed E-state index contributed by atoms with van der Waals surface area (Å²) < 4.78 is 5.68. The lowest BCUT2D eigenvalue weighted by molar-refractivity contribution is -0.158. The maximum atomic E-state index is 13.0. The molecular formula is C24H26O4S. The second-order valence-corrected chi connectivity index (χ2v) is 8.80. The van der Waals surface area contributed by atoms with Gasteiger partial charge in [0.25, 0.3) is 0 Å². The molecule has 1 fully saturated rings. The van der Waals surface area contributed by atoms with E-state index in [1.807, 2.05) is 42.6 Å². The molecule has 2 aliphatic rings. The third-order valence-corrected chi connectivity index (χ3v) is 6.83. The molecule has 1 saturated carbocycles. The van der Waals surface area contributed by atoms with E-state index in [1.54, 1.807) is 11.3 Å². The molecule has 0 bridgehead atoms. The fourth-order valence-electron chi connectivity index (χ4n) is 4.30. The summed E-state index contributed by atoms with van der Waals surface area (Å²) in [6.45, 7) is 1.99. The number of cyclic esters (lactones) is 1. The van der Waals surface area contributed by atoms with Crippen molar-refractivity contribution in [3.05, 3.63) is 69.6 Å². The number of aryl methyl sites for hydroxylation is 1. The van der Waals surface area contributed by atoms with Gasteiger partial charge in [-0.25, -0.2) is 4.79 Å². The summed E-state index contributed by atoms with van der Waals surface area (Å²) in [5.74, 6) is -1.49. The number of rotatable bonds is 8. The molecule has 0 saturated heterocycles. The average molecular weight is 411 g/mol. The number of esters is 1. The van der Waals surface area contributed by atoms with E-state index in [4.69, 9.17) is 4.74 Å². The monoisotopic (exact) mass is 410 g/mol. The summed E-state index contributed by atoms with van der Waals surface area (Å²) in [6, 6.07) is 11.7. The fraction of sp³-hybridized carbons (Fsp3) is 0.417. The van der Waals surface area contributed by atoms with Crippen LogP contribution in [0.1, 0.15) is 49.7 Å². The van der Waals surface area contributed by atoms with E-state index in [2.05, 4.69) is 11.4 Å². The van der Waals surface area contributed by atoms with E-state index in [9.17, 15) is 14.7 Å². The van der Waals surface area contributed by atoms with Crippen LogP contribution in [0.2, 0.25) is 0 Å². The number of thiophene rings is 1. The van der Waals surface area contributed by atoms with Gasteiger partial charge >= 0.3 is 5.97 Å². The normalized spacial score (nSPS) is 21.8.